The van der Waals surface area contributed by atoms with E-state index in [1.54, 1.807) is 19.4 Å². The number of carbonyl (C=O) groups is 1. The molecule has 0 aliphatic rings. The molecule has 0 spiro atoms. The summed E-state index contributed by atoms with van der Waals surface area (Å²) in [6.45, 7) is 2.64. The van der Waals surface area contributed by atoms with E-state index in [0.717, 1.165) is 0 Å². The summed E-state index contributed by atoms with van der Waals surface area (Å²) in [7, 11) is 3.03. The predicted molar refractivity (Wildman–Crippen MR) is 52.4 cm³/mol. The first-order valence-electron chi connectivity index (χ1n) is 4.43. The molecule has 0 saturated carbocycles. The number of nitrogens with zero attached hydrogens (tertiary/aromatic N) is 1. The van der Waals surface area contributed by atoms with Gasteiger partial charge >= 0.3 is 5.97 Å². The lowest BCUT2D eigenvalue weighted by molar-refractivity contribution is 0.0600. The Morgan fingerprint density at radius 2 is 2.29 bits per heavy atom. The number of methoxy groups -OCH3 is 2. The largest absolute Gasteiger partial charge is 0.465 e. The molecule has 1 unspecified atom stereocenters. The maximum atomic E-state index is 11.1. The van der Waals surface area contributed by atoms with Crippen LogP contribution in [-0.4, -0.2) is 31.4 Å². The minimum atomic E-state index is -0.312. The van der Waals surface area contributed by atoms with E-state index in [9.17, 15) is 4.79 Å². The zero-order valence-electron chi connectivity index (χ0n) is 8.69. The van der Waals surface area contributed by atoms with Crippen LogP contribution in [0.2, 0.25) is 0 Å². The number of esters is 1. The third-order valence-corrected chi connectivity index (χ3v) is 2.05. The summed E-state index contributed by atoms with van der Waals surface area (Å²) in [6, 6.07) is 1.95. The van der Waals surface area contributed by atoms with Crippen molar-refractivity contribution in [3.63, 3.8) is 0 Å². The Morgan fingerprint density at radius 3 is 2.86 bits per heavy atom. The first-order chi connectivity index (χ1) is 6.69. The maximum absolute atomic E-state index is 11.1. The topological polar surface area (TPSA) is 40.5 Å². The second-order valence-corrected chi connectivity index (χ2v) is 3.14. The van der Waals surface area contributed by atoms with Crippen LogP contribution in [0.5, 0.6) is 0 Å². The molecule has 1 rings (SSSR count). The smallest absolute Gasteiger partial charge is 0.339 e. The van der Waals surface area contributed by atoms with E-state index in [1.807, 2.05) is 17.7 Å². The predicted octanol–water partition coefficient (Wildman–Crippen LogP) is 1.48. The highest BCUT2D eigenvalue weighted by Crippen LogP contribution is 2.10. The molecule has 0 aliphatic carbocycles. The fourth-order valence-corrected chi connectivity index (χ4v) is 1.25. The van der Waals surface area contributed by atoms with Crippen LogP contribution in [0.4, 0.5) is 0 Å². The number of hydrogen-bond donors (Lipinski definition) is 0. The van der Waals surface area contributed by atoms with Gasteiger partial charge in [0, 0.05) is 19.5 Å². The Morgan fingerprint density at radius 1 is 1.57 bits per heavy atom. The molecule has 4 nitrogen and oxygen atoms in total. The fraction of sp³-hybridized carbons (Fsp3) is 0.500. The van der Waals surface area contributed by atoms with Crippen molar-refractivity contribution in [2.45, 2.75) is 13.0 Å². The number of carbonyl (C=O) groups excluding carboxylic acids is 1. The van der Waals surface area contributed by atoms with Gasteiger partial charge in [-0.05, 0) is 13.0 Å². The lowest BCUT2D eigenvalue weighted by Gasteiger charge is -2.11. The molecule has 1 aromatic rings. The fourth-order valence-electron chi connectivity index (χ4n) is 1.25. The number of hydrogen-bond acceptors (Lipinski definition) is 3. The highest BCUT2D eigenvalue weighted by atomic mass is 16.5. The summed E-state index contributed by atoms with van der Waals surface area (Å²) >= 11 is 0. The average molecular weight is 197 g/mol. The van der Waals surface area contributed by atoms with Crippen molar-refractivity contribution in [1.29, 1.82) is 0 Å². The first-order valence-corrected chi connectivity index (χ1v) is 4.43. The lowest BCUT2D eigenvalue weighted by Crippen LogP contribution is -2.09. The minimum absolute atomic E-state index is 0.221. The molecule has 0 radical (unpaired) electrons. The van der Waals surface area contributed by atoms with Gasteiger partial charge in [-0.2, -0.15) is 0 Å². The van der Waals surface area contributed by atoms with Gasteiger partial charge in [0.25, 0.3) is 0 Å². The number of ether oxygens (including phenoxy) is 2. The van der Waals surface area contributed by atoms with Gasteiger partial charge in [0.05, 0.1) is 25.3 Å². The lowest BCUT2D eigenvalue weighted by atomic mass is 10.3. The van der Waals surface area contributed by atoms with Gasteiger partial charge in [-0.1, -0.05) is 0 Å². The zero-order chi connectivity index (χ0) is 10.6. The third-order valence-electron chi connectivity index (χ3n) is 2.05. The quantitative estimate of drug-likeness (QED) is 0.686. The molecular formula is C10H15NO3. The molecule has 0 aliphatic heterocycles. The standard InChI is InChI=1S/C10H15NO3/c1-8(7-13-2)11-5-4-9(6-11)10(12)14-3/h4-6,8H,7H2,1-3H3. The average Bonchev–Trinajstić information content (AvgIpc) is 2.66. The van der Waals surface area contributed by atoms with Crippen molar-refractivity contribution >= 4 is 5.97 Å². The van der Waals surface area contributed by atoms with E-state index in [1.165, 1.54) is 7.11 Å². The van der Waals surface area contributed by atoms with Crippen LogP contribution in [0.1, 0.15) is 23.3 Å². The van der Waals surface area contributed by atoms with Crippen LogP contribution in [0.15, 0.2) is 18.5 Å². The molecule has 0 aromatic carbocycles. The Kier molecular flexibility index (Phi) is 3.71. The minimum Gasteiger partial charge on any atom is -0.465 e. The number of aromatic nitrogens is 1. The van der Waals surface area contributed by atoms with Gasteiger partial charge in [-0.25, -0.2) is 4.79 Å². The van der Waals surface area contributed by atoms with Gasteiger partial charge in [0.1, 0.15) is 0 Å². The molecule has 0 saturated heterocycles. The molecular weight excluding hydrogens is 182 g/mol. The second-order valence-electron chi connectivity index (χ2n) is 3.14. The van der Waals surface area contributed by atoms with Crippen LogP contribution in [0.25, 0.3) is 0 Å². The SMILES string of the molecule is COCC(C)n1ccc(C(=O)OC)c1. The summed E-state index contributed by atoms with van der Waals surface area (Å²) in [4.78, 5) is 11.1. The Balaban J connectivity index is 2.72. The Hall–Kier alpha value is -1.29. The molecule has 4 heteroatoms. The molecule has 78 valence electrons. The Labute approximate surface area is 83.4 Å². The van der Waals surface area contributed by atoms with Gasteiger partial charge < -0.3 is 14.0 Å². The van der Waals surface area contributed by atoms with Crippen LogP contribution in [0, 0.1) is 0 Å². The van der Waals surface area contributed by atoms with E-state index in [2.05, 4.69) is 4.74 Å². The molecule has 0 fully saturated rings. The maximum Gasteiger partial charge on any atom is 0.339 e. The zero-order valence-corrected chi connectivity index (χ0v) is 8.69. The summed E-state index contributed by atoms with van der Waals surface area (Å²) in [5.74, 6) is -0.312. The molecule has 0 N–H and O–H groups in total. The van der Waals surface area contributed by atoms with Crippen LogP contribution in [0.3, 0.4) is 0 Å². The highest BCUT2D eigenvalue weighted by molar-refractivity contribution is 5.89. The highest BCUT2D eigenvalue weighted by Gasteiger charge is 2.09. The summed E-state index contributed by atoms with van der Waals surface area (Å²) < 4.78 is 11.5. The van der Waals surface area contributed by atoms with Crippen molar-refractivity contribution in [3.05, 3.63) is 24.0 Å². The van der Waals surface area contributed by atoms with E-state index < -0.39 is 0 Å². The van der Waals surface area contributed by atoms with E-state index in [-0.39, 0.29) is 12.0 Å². The van der Waals surface area contributed by atoms with E-state index >= 15 is 0 Å². The van der Waals surface area contributed by atoms with E-state index in [4.69, 9.17) is 4.74 Å². The molecule has 1 heterocycles. The Bertz CT molecular complexity index is 306. The van der Waals surface area contributed by atoms with Crippen molar-refractivity contribution < 1.29 is 14.3 Å². The number of rotatable bonds is 4. The van der Waals surface area contributed by atoms with Crippen molar-refractivity contribution in [3.8, 4) is 0 Å². The monoisotopic (exact) mass is 197 g/mol. The van der Waals surface area contributed by atoms with Crippen molar-refractivity contribution in [2.75, 3.05) is 20.8 Å². The van der Waals surface area contributed by atoms with Crippen LogP contribution >= 0.6 is 0 Å². The molecule has 0 amide bonds. The van der Waals surface area contributed by atoms with Crippen molar-refractivity contribution in [2.24, 2.45) is 0 Å². The summed E-state index contributed by atoms with van der Waals surface area (Å²) in [6.07, 6.45) is 3.60. The second kappa shape index (κ2) is 4.81. The molecule has 1 atom stereocenters. The first kappa shape index (κ1) is 10.8. The van der Waals surface area contributed by atoms with E-state index in [0.29, 0.717) is 12.2 Å². The van der Waals surface area contributed by atoms with Crippen molar-refractivity contribution in [1.82, 2.24) is 4.57 Å². The molecule has 14 heavy (non-hydrogen) atoms. The summed E-state index contributed by atoms with van der Waals surface area (Å²) in [5.41, 5.74) is 0.565. The van der Waals surface area contributed by atoms with Gasteiger partial charge in [0.2, 0.25) is 0 Å². The third kappa shape index (κ3) is 2.35. The normalized spacial score (nSPS) is 12.5. The van der Waals surface area contributed by atoms with Gasteiger partial charge in [0.15, 0.2) is 0 Å². The van der Waals surface area contributed by atoms with Gasteiger partial charge in [-0.15, -0.1) is 0 Å². The molecule has 1 aromatic heterocycles. The molecule has 0 bridgehead atoms. The summed E-state index contributed by atoms with van der Waals surface area (Å²) in [5, 5.41) is 0. The van der Waals surface area contributed by atoms with Crippen LogP contribution in [-0.2, 0) is 9.47 Å². The van der Waals surface area contributed by atoms with Crippen LogP contribution < -0.4 is 0 Å². The van der Waals surface area contributed by atoms with Gasteiger partial charge in [-0.3, -0.25) is 0 Å².